The number of nitrogens with zero attached hydrogens (tertiary/aromatic N) is 1. The number of rotatable bonds is 4. The van der Waals surface area contributed by atoms with Crippen LogP contribution in [0.15, 0.2) is 41.3 Å². The Balaban J connectivity index is 1.99. The van der Waals surface area contributed by atoms with E-state index in [-0.39, 0.29) is 15.6 Å². The summed E-state index contributed by atoms with van der Waals surface area (Å²) in [5.41, 5.74) is 1.51. The van der Waals surface area contributed by atoms with E-state index in [9.17, 15) is 12.8 Å². The molecule has 1 N–H and O–H groups in total. The van der Waals surface area contributed by atoms with Crippen LogP contribution in [0.5, 0.6) is 0 Å². The Bertz CT molecular complexity index is 883. The molecule has 0 aromatic heterocycles. The van der Waals surface area contributed by atoms with E-state index in [0.29, 0.717) is 32.0 Å². The molecule has 8 heteroatoms. The number of aryl methyl sites for hydroxylation is 1. The Morgan fingerprint density at radius 2 is 1.92 bits per heavy atom. The second-order valence-electron chi connectivity index (χ2n) is 5.80. The Morgan fingerprint density at radius 1 is 1.20 bits per heavy atom. The summed E-state index contributed by atoms with van der Waals surface area (Å²) in [5, 5.41) is -0.0556. The van der Waals surface area contributed by atoms with Gasteiger partial charge in [0.05, 0.1) is 34.5 Å². The van der Waals surface area contributed by atoms with Crippen LogP contribution in [0.25, 0.3) is 0 Å². The maximum Gasteiger partial charge on any atom is 0.261 e. The molecule has 1 fully saturated rings. The summed E-state index contributed by atoms with van der Waals surface area (Å²) in [7, 11) is -3.84. The molecule has 0 unspecified atom stereocenters. The molecule has 2 aromatic rings. The molecule has 0 bridgehead atoms. The Kier molecular flexibility index (Phi) is 5.17. The first kappa shape index (κ1) is 18.0. The summed E-state index contributed by atoms with van der Waals surface area (Å²) in [6.07, 6.45) is 0. The number of benzene rings is 2. The maximum absolute atomic E-state index is 14.0. The van der Waals surface area contributed by atoms with E-state index < -0.39 is 15.8 Å². The Hall–Kier alpha value is -1.83. The lowest BCUT2D eigenvalue weighted by molar-refractivity contribution is 0.123. The van der Waals surface area contributed by atoms with Gasteiger partial charge in [0.25, 0.3) is 10.0 Å². The monoisotopic (exact) mass is 384 g/mol. The highest BCUT2D eigenvalue weighted by molar-refractivity contribution is 7.92. The van der Waals surface area contributed by atoms with E-state index in [1.54, 1.807) is 25.1 Å². The molecular formula is C17H18ClFN2O3S. The molecule has 3 rings (SSSR count). The number of anilines is 2. The lowest BCUT2D eigenvalue weighted by Gasteiger charge is -2.30. The number of morpholine rings is 1. The molecular weight excluding hydrogens is 367 g/mol. The van der Waals surface area contributed by atoms with E-state index in [4.69, 9.17) is 16.3 Å². The molecule has 25 heavy (non-hydrogen) atoms. The third-order valence-electron chi connectivity index (χ3n) is 3.93. The van der Waals surface area contributed by atoms with Crippen molar-refractivity contribution in [3.8, 4) is 0 Å². The van der Waals surface area contributed by atoms with Crippen LogP contribution in [0.1, 0.15) is 5.56 Å². The van der Waals surface area contributed by atoms with Crippen molar-refractivity contribution in [1.82, 2.24) is 0 Å². The van der Waals surface area contributed by atoms with Gasteiger partial charge in [0.1, 0.15) is 5.82 Å². The van der Waals surface area contributed by atoms with Crippen LogP contribution in [-0.4, -0.2) is 34.7 Å². The molecule has 134 valence electrons. The van der Waals surface area contributed by atoms with E-state index in [1.165, 1.54) is 12.1 Å². The molecule has 1 saturated heterocycles. The summed E-state index contributed by atoms with van der Waals surface area (Å²) in [4.78, 5) is 2.04. The fourth-order valence-electron chi connectivity index (χ4n) is 2.67. The quantitative estimate of drug-likeness (QED) is 0.877. The third kappa shape index (κ3) is 4.05. The maximum atomic E-state index is 14.0. The Labute approximate surface area is 151 Å². The van der Waals surface area contributed by atoms with Crippen molar-refractivity contribution in [2.75, 3.05) is 35.9 Å². The fourth-order valence-corrected chi connectivity index (χ4v) is 4.00. The van der Waals surface area contributed by atoms with E-state index in [2.05, 4.69) is 4.72 Å². The number of ether oxygens (including phenoxy) is 1. The highest BCUT2D eigenvalue weighted by Gasteiger charge is 2.22. The van der Waals surface area contributed by atoms with Crippen LogP contribution in [0, 0.1) is 12.7 Å². The van der Waals surface area contributed by atoms with Crippen LogP contribution in [0.2, 0.25) is 5.02 Å². The van der Waals surface area contributed by atoms with E-state index in [0.717, 1.165) is 11.6 Å². The van der Waals surface area contributed by atoms with Crippen LogP contribution in [0.4, 0.5) is 15.8 Å². The van der Waals surface area contributed by atoms with Gasteiger partial charge in [0.15, 0.2) is 0 Å². The topological polar surface area (TPSA) is 58.6 Å². The van der Waals surface area contributed by atoms with Crippen molar-refractivity contribution in [3.05, 3.63) is 52.8 Å². The van der Waals surface area contributed by atoms with E-state index >= 15 is 0 Å². The normalized spacial score (nSPS) is 15.2. The molecule has 1 heterocycles. The minimum atomic E-state index is -3.84. The van der Waals surface area contributed by atoms with Gasteiger partial charge in [0.2, 0.25) is 0 Å². The molecule has 0 saturated carbocycles. The second-order valence-corrected chi connectivity index (χ2v) is 7.89. The molecule has 5 nitrogen and oxygen atoms in total. The third-order valence-corrected chi connectivity index (χ3v) is 5.59. The zero-order valence-electron chi connectivity index (χ0n) is 13.6. The summed E-state index contributed by atoms with van der Waals surface area (Å²) in [6, 6.07) is 9.07. The number of halogens is 2. The molecule has 1 aliphatic heterocycles. The molecule has 0 amide bonds. The SMILES string of the molecule is Cc1cccc(S(=O)(=O)Nc2cc(F)c(Cl)cc2N2CCOCC2)c1. The van der Waals surface area contributed by atoms with Crippen LogP contribution >= 0.6 is 11.6 Å². The molecule has 0 aliphatic carbocycles. The first-order valence-electron chi connectivity index (χ1n) is 7.78. The van der Waals surface area contributed by atoms with Crippen molar-refractivity contribution in [2.45, 2.75) is 11.8 Å². The molecule has 0 spiro atoms. The van der Waals surface area contributed by atoms with Gasteiger partial charge in [-0.05, 0) is 30.7 Å². The van der Waals surface area contributed by atoms with Crippen molar-refractivity contribution in [3.63, 3.8) is 0 Å². The van der Waals surface area contributed by atoms with Crippen molar-refractivity contribution in [1.29, 1.82) is 0 Å². The Morgan fingerprint density at radius 3 is 2.60 bits per heavy atom. The van der Waals surface area contributed by atoms with E-state index in [1.807, 2.05) is 4.90 Å². The predicted octanol–water partition coefficient (Wildman–Crippen LogP) is 3.42. The summed E-state index contributed by atoms with van der Waals surface area (Å²) < 4.78 is 47.1. The minimum absolute atomic E-state index is 0.0556. The lowest BCUT2D eigenvalue weighted by Crippen LogP contribution is -2.36. The summed E-state index contributed by atoms with van der Waals surface area (Å²) in [5.74, 6) is -0.680. The highest BCUT2D eigenvalue weighted by Crippen LogP contribution is 2.33. The average molecular weight is 385 g/mol. The molecule has 1 aliphatic rings. The predicted molar refractivity (Wildman–Crippen MR) is 96.4 cm³/mol. The van der Waals surface area contributed by atoms with Crippen molar-refractivity contribution in [2.24, 2.45) is 0 Å². The zero-order chi connectivity index (χ0) is 18.0. The van der Waals surface area contributed by atoms with Gasteiger partial charge in [-0.25, -0.2) is 12.8 Å². The first-order chi connectivity index (χ1) is 11.9. The zero-order valence-corrected chi connectivity index (χ0v) is 15.2. The molecule has 0 atom stereocenters. The summed E-state index contributed by atoms with van der Waals surface area (Å²) >= 11 is 5.90. The van der Waals surface area contributed by atoms with Crippen LogP contribution in [-0.2, 0) is 14.8 Å². The first-order valence-corrected chi connectivity index (χ1v) is 9.64. The number of nitrogens with one attached hydrogen (secondary N) is 1. The molecule has 0 radical (unpaired) electrons. The van der Waals surface area contributed by atoms with Gasteiger partial charge in [-0.2, -0.15) is 0 Å². The van der Waals surface area contributed by atoms with Gasteiger partial charge in [-0.3, -0.25) is 4.72 Å². The van der Waals surface area contributed by atoms with Gasteiger partial charge >= 0.3 is 0 Å². The smallest absolute Gasteiger partial charge is 0.261 e. The van der Waals surface area contributed by atoms with Crippen molar-refractivity contribution < 1.29 is 17.5 Å². The lowest BCUT2D eigenvalue weighted by atomic mass is 10.2. The van der Waals surface area contributed by atoms with Gasteiger partial charge in [-0.15, -0.1) is 0 Å². The number of hydrogen-bond donors (Lipinski definition) is 1. The standard InChI is InChI=1S/C17H18ClFN2O3S/c1-12-3-2-4-13(9-12)25(22,23)20-16-11-15(19)14(18)10-17(16)21-5-7-24-8-6-21/h2-4,9-11,20H,5-8H2,1H3. The largest absolute Gasteiger partial charge is 0.378 e. The molecule has 2 aromatic carbocycles. The van der Waals surface area contributed by atoms with Gasteiger partial charge < -0.3 is 9.64 Å². The number of sulfonamides is 1. The van der Waals surface area contributed by atoms with Crippen molar-refractivity contribution >= 4 is 33.0 Å². The minimum Gasteiger partial charge on any atom is -0.378 e. The van der Waals surface area contributed by atoms with Crippen LogP contribution < -0.4 is 9.62 Å². The fraction of sp³-hybridized carbons (Fsp3) is 0.294. The van der Waals surface area contributed by atoms with Gasteiger partial charge in [0, 0.05) is 19.2 Å². The number of hydrogen-bond acceptors (Lipinski definition) is 4. The highest BCUT2D eigenvalue weighted by atomic mass is 35.5. The van der Waals surface area contributed by atoms with Crippen LogP contribution in [0.3, 0.4) is 0 Å². The van der Waals surface area contributed by atoms with Gasteiger partial charge in [-0.1, -0.05) is 23.7 Å². The second kappa shape index (κ2) is 7.19. The summed E-state index contributed by atoms with van der Waals surface area (Å²) in [6.45, 7) is 3.97. The average Bonchev–Trinajstić information content (AvgIpc) is 2.58.